The number of carbonyl (C=O) groups is 1. The average molecular weight is 367 g/mol. The van der Waals surface area contributed by atoms with E-state index >= 15 is 0 Å². The van der Waals surface area contributed by atoms with Crippen LogP contribution in [0.4, 0.5) is 0 Å². The molecule has 0 unspecified atom stereocenters. The number of benzene rings is 1. The molecule has 0 atom stereocenters. The van der Waals surface area contributed by atoms with Crippen molar-refractivity contribution in [1.29, 1.82) is 0 Å². The molecule has 0 amide bonds. The zero-order chi connectivity index (χ0) is 18.9. The largest absolute Gasteiger partial charge is 0.546 e. The molecule has 0 aliphatic heterocycles. The van der Waals surface area contributed by atoms with E-state index in [0.29, 0.717) is 5.56 Å². The zero-order valence-corrected chi connectivity index (χ0v) is 19.2. The van der Waals surface area contributed by atoms with Gasteiger partial charge in [0, 0.05) is 0 Å². The van der Waals surface area contributed by atoms with Crippen LogP contribution in [0.25, 0.3) is 0 Å². The maximum atomic E-state index is 12.9. The van der Waals surface area contributed by atoms with Crippen LogP contribution < -0.4 is 4.43 Å². The fourth-order valence-corrected chi connectivity index (χ4v) is 3.70. The summed E-state index contributed by atoms with van der Waals surface area (Å²) in [5, 5.41) is -0.0158. The molecule has 0 heterocycles. The lowest BCUT2D eigenvalue weighted by Gasteiger charge is -2.36. The molecular formula is C19H34O3Si2. The molecular weight excluding hydrogens is 332 g/mol. The Morgan fingerprint density at radius 3 is 2.00 bits per heavy atom. The zero-order valence-electron chi connectivity index (χ0n) is 17.0. The summed E-state index contributed by atoms with van der Waals surface area (Å²) in [4.78, 5) is 12.9. The smallest absolute Gasteiger partial charge is 0.328 e. The van der Waals surface area contributed by atoms with Gasteiger partial charge in [0.2, 0.25) is 9.04 Å². The highest BCUT2D eigenvalue weighted by Crippen LogP contribution is 2.39. The van der Waals surface area contributed by atoms with E-state index in [1.54, 1.807) is 0 Å². The normalized spacial score (nSPS) is 13.1. The molecule has 136 valence electrons. The number of rotatable bonds is 4. The fraction of sp³-hybridized carbons (Fsp3) is 0.632. The van der Waals surface area contributed by atoms with E-state index in [2.05, 4.69) is 73.8 Å². The van der Waals surface area contributed by atoms with E-state index in [-0.39, 0.29) is 16.4 Å². The molecule has 0 fully saturated rings. The minimum Gasteiger partial charge on any atom is -0.546 e. The summed E-state index contributed by atoms with van der Waals surface area (Å²) in [6.45, 7) is 21.2. The van der Waals surface area contributed by atoms with Gasteiger partial charge in [0.05, 0.1) is 5.56 Å². The van der Waals surface area contributed by atoms with Crippen LogP contribution in [0.5, 0.6) is 5.75 Å². The summed E-state index contributed by atoms with van der Waals surface area (Å²) < 4.78 is 12.2. The van der Waals surface area contributed by atoms with Crippen LogP contribution in [0.3, 0.4) is 0 Å². The van der Waals surface area contributed by atoms with Gasteiger partial charge in [0.1, 0.15) is 5.75 Å². The van der Waals surface area contributed by atoms with Crippen molar-refractivity contribution in [3.05, 3.63) is 29.3 Å². The molecule has 0 aliphatic rings. The van der Waals surface area contributed by atoms with Gasteiger partial charge in [-0.05, 0) is 48.3 Å². The molecule has 5 heteroatoms. The van der Waals surface area contributed by atoms with E-state index in [4.69, 9.17) is 8.85 Å². The summed E-state index contributed by atoms with van der Waals surface area (Å²) in [5.74, 6) is 0.465. The van der Waals surface area contributed by atoms with Crippen molar-refractivity contribution in [1.82, 2.24) is 0 Å². The van der Waals surface area contributed by atoms with Crippen molar-refractivity contribution < 1.29 is 13.6 Å². The van der Waals surface area contributed by atoms with Crippen molar-refractivity contribution in [2.75, 3.05) is 0 Å². The Hall–Kier alpha value is -1.08. The number of para-hydroxylation sites is 1. The summed E-state index contributed by atoms with van der Waals surface area (Å²) in [6, 6.07) is 5.81. The topological polar surface area (TPSA) is 35.5 Å². The summed E-state index contributed by atoms with van der Waals surface area (Å²) in [7, 11) is -3.52. The maximum Gasteiger partial charge on any atom is 0.328 e. The van der Waals surface area contributed by atoms with Crippen LogP contribution in [-0.4, -0.2) is 23.3 Å². The SMILES string of the molecule is C[SiH](C)Oc1c(C(=O)O[Si](C)(C)C(C)(C)C)cccc1C(C)(C)C. The predicted octanol–water partition coefficient (Wildman–Crippen LogP) is 5.51. The monoisotopic (exact) mass is 366 g/mol. The first kappa shape index (κ1) is 21.0. The van der Waals surface area contributed by atoms with Gasteiger partial charge in [-0.1, -0.05) is 53.7 Å². The van der Waals surface area contributed by atoms with Gasteiger partial charge < -0.3 is 8.85 Å². The van der Waals surface area contributed by atoms with E-state index in [1.165, 1.54) is 0 Å². The molecule has 1 rings (SSSR count). The molecule has 1 aromatic carbocycles. The van der Waals surface area contributed by atoms with Crippen molar-refractivity contribution in [2.45, 2.75) is 78.2 Å². The first-order valence-corrected chi connectivity index (χ1v) is 14.4. The maximum absolute atomic E-state index is 12.9. The van der Waals surface area contributed by atoms with Crippen LogP contribution in [0.1, 0.15) is 57.5 Å². The molecule has 0 aliphatic carbocycles. The van der Waals surface area contributed by atoms with E-state index in [0.717, 1.165) is 11.3 Å². The molecule has 0 saturated heterocycles. The Bertz CT molecular complexity index is 594. The number of carbonyl (C=O) groups excluding carboxylic acids is 1. The van der Waals surface area contributed by atoms with Gasteiger partial charge in [0.15, 0.2) is 0 Å². The molecule has 0 N–H and O–H groups in total. The lowest BCUT2D eigenvalue weighted by Crippen LogP contribution is -2.42. The van der Waals surface area contributed by atoms with E-state index < -0.39 is 17.4 Å². The van der Waals surface area contributed by atoms with Gasteiger partial charge in [-0.15, -0.1) is 0 Å². The van der Waals surface area contributed by atoms with Crippen LogP contribution in [0, 0.1) is 0 Å². The molecule has 0 aromatic heterocycles. The highest BCUT2D eigenvalue weighted by Gasteiger charge is 2.41. The quantitative estimate of drug-likeness (QED) is 0.659. The minimum absolute atomic E-state index is 0.0158. The molecule has 24 heavy (non-hydrogen) atoms. The third-order valence-electron chi connectivity index (χ3n) is 4.55. The van der Waals surface area contributed by atoms with Gasteiger partial charge in [-0.2, -0.15) is 0 Å². The number of hydrogen-bond donors (Lipinski definition) is 0. The van der Waals surface area contributed by atoms with Crippen molar-refractivity contribution >= 4 is 23.3 Å². The van der Waals surface area contributed by atoms with Crippen molar-refractivity contribution in [2.24, 2.45) is 0 Å². The molecule has 0 radical (unpaired) electrons. The summed E-state index contributed by atoms with van der Waals surface area (Å²) in [5.41, 5.74) is 1.54. The number of hydrogen-bond acceptors (Lipinski definition) is 3. The first-order valence-electron chi connectivity index (χ1n) is 8.70. The molecule has 0 bridgehead atoms. The van der Waals surface area contributed by atoms with Gasteiger partial charge >= 0.3 is 5.97 Å². The van der Waals surface area contributed by atoms with Crippen molar-refractivity contribution in [3.8, 4) is 5.75 Å². The molecule has 3 nitrogen and oxygen atoms in total. The van der Waals surface area contributed by atoms with Gasteiger partial charge in [0.25, 0.3) is 8.32 Å². The average Bonchev–Trinajstić information content (AvgIpc) is 2.34. The second-order valence-corrected chi connectivity index (χ2v) is 16.3. The van der Waals surface area contributed by atoms with Crippen molar-refractivity contribution in [3.63, 3.8) is 0 Å². The second-order valence-electron chi connectivity index (χ2n) is 9.25. The third-order valence-corrected chi connectivity index (χ3v) is 9.57. The first-order chi connectivity index (χ1) is 10.7. The Morgan fingerprint density at radius 2 is 1.58 bits per heavy atom. The standard InChI is InChI=1S/C19H34O3Si2/c1-18(2,3)15-13-11-12-14(16(15)21-23(7)8)17(20)22-24(9,10)19(4,5)6/h11-13,23H,1-10H3. The Morgan fingerprint density at radius 1 is 1.04 bits per heavy atom. The van der Waals surface area contributed by atoms with Crippen LogP contribution in [-0.2, 0) is 9.84 Å². The van der Waals surface area contributed by atoms with Crippen LogP contribution in [0.2, 0.25) is 31.2 Å². The highest BCUT2D eigenvalue weighted by atomic mass is 28.4. The van der Waals surface area contributed by atoms with Gasteiger partial charge in [-0.3, -0.25) is 0 Å². The lowest BCUT2D eigenvalue weighted by atomic mass is 9.85. The third kappa shape index (κ3) is 4.96. The Kier molecular flexibility index (Phi) is 6.15. The van der Waals surface area contributed by atoms with E-state index in [9.17, 15) is 4.79 Å². The van der Waals surface area contributed by atoms with Gasteiger partial charge in [-0.25, -0.2) is 4.79 Å². The summed E-state index contributed by atoms with van der Waals surface area (Å²) >= 11 is 0. The molecule has 0 spiro atoms. The second kappa shape index (κ2) is 7.04. The minimum atomic E-state index is -2.17. The van der Waals surface area contributed by atoms with Crippen LogP contribution >= 0.6 is 0 Å². The summed E-state index contributed by atoms with van der Waals surface area (Å²) in [6.07, 6.45) is 0. The molecule has 0 saturated carbocycles. The Balaban J connectivity index is 3.35. The fourth-order valence-electron chi connectivity index (χ4n) is 2.09. The lowest BCUT2D eigenvalue weighted by molar-refractivity contribution is 0.0710. The predicted molar refractivity (Wildman–Crippen MR) is 107 cm³/mol. The van der Waals surface area contributed by atoms with E-state index in [1.807, 2.05) is 12.1 Å². The Labute approximate surface area is 150 Å². The highest BCUT2D eigenvalue weighted by molar-refractivity contribution is 6.75. The molecule has 1 aromatic rings. The van der Waals surface area contributed by atoms with Crippen LogP contribution in [0.15, 0.2) is 18.2 Å².